The fourth-order valence-corrected chi connectivity index (χ4v) is 2.37. The zero-order valence-corrected chi connectivity index (χ0v) is 14.0. The summed E-state index contributed by atoms with van der Waals surface area (Å²) < 4.78 is 0. The quantitative estimate of drug-likeness (QED) is 0.768. The molecule has 0 unspecified atom stereocenters. The summed E-state index contributed by atoms with van der Waals surface area (Å²) in [4.78, 5) is 23.7. The van der Waals surface area contributed by atoms with E-state index in [1.165, 1.54) is 5.56 Å². The molecule has 0 bridgehead atoms. The van der Waals surface area contributed by atoms with Gasteiger partial charge in [0.05, 0.1) is 0 Å². The van der Waals surface area contributed by atoms with Gasteiger partial charge in [-0.25, -0.2) is 0 Å². The minimum Gasteiger partial charge on any atom is -0.347 e. The highest BCUT2D eigenvalue weighted by Gasteiger charge is 2.12. The number of amides is 2. The van der Waals surface area contributed by atoms with Crippen LogP contribution in [0, 0.1) is 0 Å². The van der Waals surface area contributed by atoms with Crippen LogP contribution in [-0.4, -0.2) is 18.4 Å². The van der Waals surface area contributed by atoms with E-state index in [-0.39, 0.29) is 0 Å². The average molecular weight is 324 g/mol. The molecule has 0 aliphatic carbocycles. The Morgan fingerprint density at radius 3 is 2.17 bits per heavy atom. The molecule has 2 rings (SSSR count). The number of hydrogen-bond acceptors (Lipinski definition) is 2. The van der Waals surface area contributed by atoms with Crippen LogP contribution >= 0.6 is 0 Å². The Hall–Kier alpha value is -2.62. The molecule has 0 fully saturated rings. The van der Waals surface area contributed by atoms with Gasteiger partial charge in [0.25, 0.3) is 0 Å². The molecule has 24 heavy (non-hydrogen) atoms. The second-order valence-electron chi connectivity index (χ2n) is 5.75. The lowest BCUT2D eigenvalue weighted by molar-refractivity contribution is -0.136. The number of nitrogens with one attached hydrogen (secondary N) is 2. The van der Waals surface area contributed by atoms with Crippen molar-refractivity contribution < 1.29 is 9.59 Å². The molecule has 2 N–H and O–H groups in total. The van der Waals surface area contributed by atoms with Gasteiger partial charge in [-0.2, -0.15) is 0 Å². The second kappa shape index (κ2) is 9.50. The smallest absolute Gasteiger partial charge is 0.313 e. The second-order valence-corrected chi connectivity index (χ2v) is 5.75. The summed E-state index contributed by atoms with van der Waals surface area (Å²) in [6, 6.07) is 17.5. The molecule has 0 spiro atoms. The number of anilines is 1. The molecular formula is C20H24N2O2. The first-order valence-electron chi connectivity index (χ1n) is 8.41. The maximum absolute atomic E-state index is 11.9. The van der Waals surface area contributed by atoms with Crippen LogP contribution in [0.25, 0.3) is 0 Å². The summed E-state index contributed by atoms with van der Waals surface area (Å²) >= 11 is 0. The Labute approximate surface area is 143 Å². The summed E-state index contributed by atoms with van der Waals surface area (Å²) in [5, 5.41) is 5.26. The molecule has 0 atom stereocenters. The number of carbonyl (C=O) groups excluding carboxylic acids is 2. The summed E-state index contributed by atoms with van der Waals surface area (Å²) in [6.45, 7) is 2.59. The molecule has 4 nitrogen and oxygen atoms in total. The number of benzene rings is 2. The van der Waals surface area contributed by atoms with Gasteiger partial charge >= 0.3 is 11.8 Å². The van der Waals surface area contributed by atoms with Crippen molar-refractivity contribution in [2.24, 2.45) is 0 Å². The van der Waals surface area contributed by atoms with Gasteiger partial charge in [0, 0.05) is 12.2 Å². The molecule has 0 aromatic heterocycles. The van der Waals surface area contributed by atoms with Crippen LogP contribution in [0.5, 0.6) is 0 Å². The van der Waals surface area contributed by atoms with E-state index in [2.05, 4.69) is 17.6 Å². The highest BCUT2D eigenvalue weighted by atomic mass is 16.2. The van der Waals surface area contributed by atoms with E-state index in [1.807, 2.05) is 54.6 Å². The number of rotatable bonds is 7. The Kier molecular flexibility index (Phi) is 7.02. The Bertz CT molecular complexity index is 651. The summed E-state index contributed by atoms with van der Waals surface area (Å²) in [5.74, 6) is -1.25. The van der Waals surface area contributed by atoms with Crippen molar-refractivity contribution >= 4 is 17.5 Å². The molecule has 0 radical (unpaired) electrons. The normalized spacial score (nSPS) is 10.2. The number of hydrogen-bond donors (Lipinski definition) is 2. The first kappa shape index (κ1) is 17.7. The van der Waals surface area contributed by atoms with Crippen molar-refractivity contribution in [2.45, 2.75) is 32.6 Å². The van der Waals surface area contributed by atoms with Crippen LogP contribution < -0.4 is 10.6 Å². The van der Waals surface area contributed by atoms with Crippen LogP contribution in [0.4, 0.5) is 5.69 Å². The average Bonchev–Trinajstić information content (AvgIpc) is 2.62. The fraction of sp³-hybridized carbons (Fsp3) is 0.300. The first-order chi connectivity index (χ1) is 11.7. The van der Waals surface area contributed by atoms with Crippen molar-refractivity contribution in [3.63, 3.8) is 0 Å². The molecular weight excluding hydrogens is 300 g/mol. The molecule has 2 aromatic rings. The topological polar surface area (TPSA) is 58.2 Å². The summed E-state index contributed by atoms with van der Waals surface area (Å²) in [6.07, 6.45) is 4.04. The Morgan fingerprint density at radius 1 is 0.833 bits per heavy atom. The first-order valence-corrected chi connectivity index (χ1v) is 8.41. The molecule has 0 saturated carbocycles. The van der Waals surface area contributed by atoms with E-state index in [9.17, 15) is 9.59 Å². The SMILES string of the molecule is CCCCc1ccc(NC(=O)C(=O)NCCc2ccccc2)cc1. The van der Waals surface area contributed by atoms with E-state index >= 15 is 0 Å². The summed E-state index contributed by atoms with van der Waals surface area (Å²) in [7, 11) is 0. The van der Waals surface area contributed by atoms with Gasteiger partial charge in [0.1, 0.15) is 0 Å². The Balaban J connectivity index is 1.75. The van der Waals surface area contributed by atoms with Crippen molar-refractivity contribution in [3.8, 4) is 0 Å². The third-order valence-electron chi connectivity index (χ3n) is 3.78. The van der Waals surface area contributed by atoms with Gasteiger partial charge < -0.3 is 10.6 Å². The molecule has 0 saturated heterocycles. The third-order valence-corrected chi connectivity index (χ3v) is 3.78. The standard InChI is InChI=1S/C20H24N2O2/c1-2-3-7-17-10-12-18(13-11-17)22-20(24)19(23)21-15-14-16-8-5-4-6-9-16/h4-6,8-13H,2-3,7,14-15H2,1H3,(H,21,23)(H,22,24). The Morgan fingerprint density at radius 2 is 1.50 bits per heavy atom. The maximum atomic E-state index is 11.9. The highest BCUT2D eigenvalue weighted by Crippen LogP contribution is 2.11. The molecule has 4 heteroatoms. The fourth-order valence-electron chi connectivity index (χ4n) is 2.37. The third kappa shape index (κ3) is 5.88. The minimum atomic E-state index is -0.635. The lowest BCUT2D eigenvalue weighted by Gasteiger charge is -2.07. The van der Waals surface area contributed by atoms with E-state index in [0.717, 1.165) is 24.8 Å². The van der Waals surface area contributed by atoms with Gasteiger partial charge in [-0.15, -0.1) is 0 Å². The van der Waals surface area contributed by atoms with Gasteiger partial charge in [-0.05, 0) is 42.5 Å². The van der Waals surface area contributed by atoms with E-state index in [0.29, 0.717) is 18.7 Å². The molecule has 0 aliphatic heterocycles. The minimum absolute atomic E-state index is 0.437. The molecule has 126 valence electrons. The molecule has 0 heterocycles. The van der Waals surface area contributed by atoms with Crippen LogP contribution in [-0.2, 0) is 22.4 Å². The van der Waals surface area contributed by atoms with Gasteiger partial charge in [0.15, 0.2) is 0 Å². The van der Waals surface area contributed by atoms with Gasteiger partial charge in [-0.1, -0.05) is 55.8 Å². The van der Waals surface area contributed by atoms with Crippen molar-refractivity contribution in [1.29, 1.82) is 0 Å². The van der Waals surface area contributed by atoms with Crippen molar-refractivity contribution in [2.75, 3.05) is 11.9 Å². The predicted molar refractivity (Wildman–Crippen MR) is 96.8 cm³/mol. The van der Waals surface area contributed by atoms with Crippen LogP contribution in [0.1, 0.15) is 30.9 Å². The molecule has 2 aromatic carbocycles. The van der Waals surface area contributed by atoms with Crippen molar-refractivity contribution in [3.05, 3.63) is 65.7 Å². The zero-order chi connectivity index (χ0) is 17.2. The van der Waals surface area contributed by atoms with Gasteiger partial charge in [0.2, 0.25) is 0 Å². The van der Waals surface area contributed by atoms with E-state index in [4.69, 9.17) is 0 Å². The van der Waals surface area contributed by atoms with Crippen molar-refractivity contribution in [1.82, 2.24) is 5.32 Å². The lowest BCUT2D eigenvalue weighted by atomic mass is 10.1. The van der Waals surface area contributed by atoms with Crippen LogP contribution in [0.2, 0.25) is 0 Å². The summed E-state index contributed by atoms with van der Waals surface area (Å²) in [5.41, 5.74) is 3.00. The molecule has 0 aliphatic rings. The predicted octanol–water partition coefficient (Wildman–Crippen LogP) is 3.33. The van der Waals surface area contributed by atoms with E-state index in [1.54, 1.807) is 0 Å². The highest BCUT2D eigenvalue weighted by molar-refractivity contribution is 6.39. The molecule has 2 amide bonds. The maximum Gasteiger partial charge on any atom is 0.313 e. The van der Waals surface area contributed by atoms with Gasteiger partial charge in [-0.3, -0.25) is 9.59 Å². The number of aryl methyl sites for hydroxylation is 1. The largest absolute Gasteiger partial charge is 0.347 e. The van der Waals surface area contributed by atoms with E-state index < -0.39 is 11.8 Å². The monoisotopic (exact) mass is 324 g/mol. The number of carbonyl (C=O) groups is 2. The lowest BCUT2D eigenvalue weighted by Crippen LogP contribution is -2.36. The number of unbranched alkanes of at least 4 members (excludes halogenated alkanes) is 1. The van der Waals surface area contributed by atoms with Crippen LogP contribution in [0.15, 0.2) is 54.6 Å². The van der Waals surface area contributed by atoms with Crippen LogP contribution in [0.3, 0.4) is 0 Å². The zero-order valence-electron chi connectivity index (χ0n) is 14.0.